The van der Waals surface area contributed by atoms with Crippen LogP contribution in [0.3, 0.4) is 0 Å². The monoisotopic (exact) mass is 221 g/mol. The highest BCUT2D eigenvalue weighted by Gasteiger charge is 1.98. The summed E-state index contributed by atoms with van der Waals surface area (Å²) in [6.07, 6.45) is 0. The number of hydrogen-bond acceptors (Lipinski definition) is 3. The highest BCUT2D eigenvalue weighted by Crippen LogP contribution is 2.13. The molecule has 0 spiro atoms. The minimum absolute atomic E-state index is 0.995. The van der Waals surface area contributed by atoms with Gasteiger partial charge in [-0.3, -0.25) is 0 Å². The Kier molecular flexibility index (Phi) is 5.72. The van der Waals surface area contributed by atoms with Crippen molar-refractivity contribution in [2.24, 2.45) is 0 Å². The second-order valence-electron chi connectivity index (χ2n) is 3.78. The van der Waals surface area contributed by atoms with Crippen molar-refractivity contribution in [3.63, 3.8) is 0 Å². The minimum Gasteiger partial charge on any atom is -0.388 e. The van der Waals surface area contributed by atoms with E-state index in [4.69, 9.17) is 0 Å². The molecular weight excluding hydrogens is 198 g/mol. The highest BCUT2D eigenvalue weighted by molar-refractivity contribution is 5.56. The van der Waals surface area contributed by atoms with Gasteiger partial charge in [-0.1, -0.05) is 19.9 Å². The van der Waals surface area contributed by atoms with Crippen LogP contribution in [0, 0.1) is 0 Å². The van der Waals surface area contributed by atoms with E-state index < -0.39 is 0 Å². The zero-order chi connectivity index (χ0) is 11.8. The molecule has 0 atom stereocenters. The van der Waals surface area contributed by atoms with Gasteiger partial charge in [0.1, 0.15) is 0 Å². The lowest BCUT2D eigenvalue weighted by atomic mass is 10.3. The zero-order valence-electron chi connectivity index (χ0n) is 10.6. The quantitative estimate of drug-likeness (QED) is 0.740. The molecular formula is C13H23N3. The molecule has 16 heavy (non-hydrogen) atoms. The molecule has 0 heterocycles. The van der Waals surface area contributed by atoms with Gasteiger partial charge in [0, 0.05) is 31.5 Å². The maximum Gasteiger partial charge on any atom is 0.0361 e. The molecule has 1 rings (SSSR count). The van der Waals surface area contributed by atoms with Gasteiger partial charge in [0.25, 0.3) is 0 Å². The van der Waals surface area contributed by atoms with E-state index in [0.717, 1.165) is 31.9 Å². The molecule has 0 amide bonds. The lowest BCUT2D eigenvalue weighted by molar-refractivity contribution is 0.316. The smallest absolute Gasteiger partial charge is 0.0361 e. The number of anilines is 2. The van der Waals surface area contributed by atoms with Crippen molar-refractivity contribution in [3.8, 4) is 0 Å². The Hall–Kier alpha value is -1.22. The van der Waals surface area contributed by atoms with Gasteiger partial charge in [0.2, 0.25) is 0 Å². The number of rotatable bonds is 7. The first-order chi connectivity index (χ1) is 7.80. The first-order valence-electron chi connectivity index (χ1n) is 6.04. The van der Waals surface area contributed by atoms with Gasteiger partial charge in [-0.2, -0.15) is 0 Å². The molecule has 0 saturated heterocycles. The Morgan fingerprint density at radius 3 is 2.44 bits per heavy atom. The molecule has 1 aromatic rings. The van der Waals surface area contributed by atoms with Crippen LogP contribution in [-0.4, -0.2) is 38.1 Å². The third kappa shape index (κ3) is 4.11. The number of benzene rings is 1. The molecule has 0 aliphatic carbocycles. The normalized spacial score (nSPS) is 10.5. The van der Waals surface area contributed by atoms with Gasteiger partial charge < -0.3 is 15.5 Å². The molecule has 0 aliphatic rings. The van der Waals surface area contributed by atoms with Crippen molar-refractivity contribution in [1.82, 2.24) is 4.90 Å². The van der Waals surface area contributed by atoms with Crippen LogP contribution in [0.2, 0.25) is 0 Å². The fourth-order valence-corrected chi connectivity index (χ4v) is 1.68. The summed E-state index contributed by atoms with van der Waals surface area (Å²) in [6.45, 7) is 8.73. The first kappa shape index (κ1) is 12.8. The van der Waals surface area contributed by atoms with Gasteiger partial charge in [0.15, 0.2) is 0 Å². The third-order valence-corrected chi connectivity index (χ3v) is 2.80. The highest BCUT2D eigenvalue weighted by atomic mass is 15.1. The van der Waals surface area contributed by atoms with Gasteiger partial charge >= 0.3 is 0 Å². The van der Waals surface area contributed by atoms with Crippen LogP contribution in [0.5, 0.6) is 0 Å². The molecule has 3 nitrogen and oxygen atoms in total. The predicted molar refractivity (Wildman–Crippen MR) is 72.3 cm³/mol. The predicted octanol–water partition coefficient (Wildman–Crippen LogP) is 2.48. The second kappa shape index (κ2) is 7.12. The molecule has 1 aromatic carbocycles. The van der Waals surface area contributed by atoms with Crippen molar-refractivity contribution in [1.29, 1.82) is 0 Å². The van der Waals surface area contributed by atoms with Gasteiger partial charge in [-0.25, -0.2) is 0 Å². The molecule has 0 aliphatic heterocycles. The molecule has 3 heteroatoms. The van der Waals surface area contributed by atoms with Crippen molar-refractivity contribution in [2.45, 2.75) is 13.8 Å². The van der Waals surface area contributed by atoms with E-state index in [1.165, 1.54) is 5.69 Å². The lowest BCUT2D eigenvalue weighted by Gasteiger charge is -2.18. The van der Waals surface area contributed by atoms with Crippen molar-refractivity contribution in [2.75, 3.05) is 43.9 Å². The second-order valence-corrected chi connectivity index (χ2v) is 3.78. The summed E-state index contributed by atoms with van der Waals surface area (Å²) in [6, 6.07) is 8.35. The molecule has 0 unspecified atom stereocenters. The Morgan fingerprint density at radius 2 is 1.81 bits per heavy atom. The lowest BCUT2D eigenvalue weighted by Crippen LogP contribution is -2.28. The van der Waals surface area contributed by atoms with E-state index in [-0.39, 0.29) is 0 Å². The van der Waals surface area contributed by atoms with Crippen LogP contribution in [0.1, 0.15) is 13.8 Å². The topological polar surface area (TPSA) is 27.3 Å². The SMILES string of the molecule is CCN(CC)CCNc1cccc(NC)c1. The maximum absolute atomic E-state index is 3.44. The molecule has 90 valence electrons. The molecule has 0 radical (unpaired) electrons. The first-order valence-corrected chi connectivity index (χ1v) is 6.04. The van der Waals surface area contributed by atoms with Crippen LogP contribution in [-0.2, 0) is 0 Å². The fraction of sp³-hybridized carbons (Fsp3) is 0.538. The largest absolute Gasteiger partial charge is 0.388 e. The van der Waals surface area contributed by atoms with E-state index in [0.29, 0.717) is 0 Å². The van der Waals surface area contributed by atoms with Crippen LogP contribution >= 0.6 is 0 Å². The Balaban J connectivity index is 2.36. The third-order valence-electron chi connectivity index (χ3n) is 2.80. The van der Waals surface area contributed by atoms with E-state index in [1.807, 2.05) is 7.05 Å². The number of hydrogen-bond donors (Lipinski definition) is 2. The van der Waals surface area contributed by atoms with Gasteiger partial charge in [0.05, 0.1) is 0 Å². The minimum atomic E-state index is 0.995. The Morgan fingerprint density at radius 1 is 1.12 bits per heavy atom. The molecule has 0 saturated carbocycles. The summed E-state index contributed by atoms with van der Waals surface area (Å²) < 4.78 is 0. The number of nitrogens with one attached hydrogen (secondary N) is 2. The summed E-state index contributed by atoms with van der Waals surface area (Å²) in [5.41, 5.74) is 2.33. The molecule has 0 fully saturated rings. The molecule has 0 aromatic heterocycles. The Bertz CT molecular complexity index is 295. The van der Waals surface area contributed by atoms with E-state index in [1.54, 1.807) is 0 Å². The van der Waals surface area contributed by atoms with E-state index >= 15 is 0 Å². The van der Waals surface area contributed by atoms with Gasteiger partial charge in [-0.15, -0.1) is 0 Å². The Labute approximate surface area is 98.8 Å². The maximum atomic E-state index is 3.44. The standard InChI is InChI=1S/C13H23N3/c1-4-16(5-2)10-9-15-13-8-6-7-12(11-13)14-3/h6-8,11,14-15H,4-5,9-10H2,1-3H3. The average Bonchev–Trinajstić information content (AvgIpc) is 2.35. The summed E-state index contributed by atoms with van der Waals surface area (Å²) in [4.78, 5) is 2.41. The van der Waals surface area contributed by atoms with E-state index in [9.17, 15) is 0 Å². The molecule has 2 N–H and O–H groups in total. The van der Waals surface area contributed by atoms with Crippen molar-refractivity contribution >= 4 is 11.4 Å². The summed E-state index contributed by atoms with van der Waals surface area (Å²) in [5.74, 6) is 0. The molecule has 0 bridgehead atoms. The van der Waals surface area contributed by atoms with Crippen LogP contribution < -0.4 is 10.6 Å². The van der Waals surface area contributed by atoms with Crippen LogP contribution in [0.4, 0.5) is 11.4 Å². The van der Waals surface area contributed by atoms with Crippen molar-refractivity contribution in [3.05, 3.63) is 24.3 Å². The summed E-state index contributed by atoms with van der Waals surface area (Å²) in [5, 5.41) is 6.58. The van der Waals surface area contributed by atoms with Crippen LogP contribution in [0.15, 0.2) is 24.3 Å². The van der Waals surface area contributed by atoms with Gasteiger partial charge in [-0.05, 0) is 31.3 Å². The fourth-order valence-electron chi connectivity index (χ4n) is 1.68. The average molecular weight is 221 g/mol. The summed E-state index contributed by atoms with van der Waals surface area (Å²) in [7, 11) is 1.94. The zero-order valence-corrected chi connectivity index (χ0v) is 10.6. The van der Waals surface area contributed by atoms with Crippen molar-refractivity contribution < 1.29 is 0 Å². The van der Waals surface area contributed by atoms with E-state index in [2.05, 4.69) is 53.6 Å². The number of nitrogens with zero attached hydrogens (tertiary/aromatic N) is 1. The van der Waals surface area contributed by atoms with Crippen LogP contribution in [0.25, 0.3) is 0 Å². The summed E-state index contributed by atoms with van der Waals surface area (Å²) >= 11 is 0. The number of likely N-dealkylation sites (N-methyl/N-ethyl adjacent to an activating group) is 1.